The molecule has 0 aliphatic rings. The second kappa shape index (κ2) is 6.59. The highest BCUT2D eigenvalue weighted by molar-refractivity contribution is 7.77. The lowest BCUT2D eigenvalue weighted by Gasteiger charge is -2.20. The van der Waals surface area contributed by atoms with Gasteiger partial charge in [-0.1, -0.05) is 42.5 Å². The quantitative estimate of drug-likeness (QED) is 0.751. The van der Waals surface area contributed by atoms with Crippen LogP contribution < -0.4 is 15.7 Å². The van der Waals surface area contributed by atoms with Crippen LogP contribution in [0.3, 0.4) is 0 Å². The van der Waals surface area contributed by atoms with E-state index in [4.69, 9.17) is 0 Å². The van der Waals surface area contributed by atoms with E-state index in [0.717, 1.165) is 0 Å². The SMILES string of the molecule is O=C(NP(=O)(c1ccccc1)c1ccccc1)c1ccccn1. The first-order chi connectivity index (χ1) is 11.2. The lowest BCUT2D eigenvalue weighted by molar-refractivity contribution is 0.0976. The zero-order chi connectivity index (χ0) is 16.1. The fourth-order valence-electron chi connectivity index (χ4n) is 2.25. The molecular formula is C18H15N2O2P. The van der Waals surface area contributed by atoms with Gasteiger partial charge < -0.3 is 0 Å². The normalized spacial score (nSPS) is 11.0. The Balaban J connectivity index is 2.04. The van der Waals surface area contributed by atoms with E-state index < -0.39 is 13.2 Å². The van der Waals surface area contributed by atoms with Crippen LogP contribution >= 0.6 is 7.29 Å². The predicted octanol–water partition coefficient (Wildman–Crippen LogP) is 2.74. The maximum atomic E-state index is 13.6. The Bertz CT molecular complexity index is 793. The minimum atomic E-state index is -3.29. The van der Waals surface area contributed by atoms with Crippen molar-refractivity contribution in [2.24, 2.45) is 0 Å². The number of aromatic nitrogens is 1. The number of hydrogen-bond acceptors (Lipinski definition) is 3. The molecule has 1 heterocycles. The summed E-state index contributed by atoms with van der Waals surface area (Å²) in [5, 5.41) is 3.85. The summed E-state index contributed by atoms with van der Waals surface area (Å²) in [6.45, 7) is 0. The maximum absolute atomic E-state index is 13.6. The van der Waals surface area contributed by atoms with Crippen LogP contribution in [-0.2, 0) is 4.57 Å². The summed E-state index contributed by atoms with van der Waals surface area (Å²) in [5.74, 6) is -0.457. The summed E-state index contributed by atoms with van der Waals surface area (Å²) < 4.78 is 13.6. The van der Waals surface area contributed by atoms with Gasteiger partial charge in [-0.25, -0.2) is 0 Å². The molecule has 1 aromatic heterocycles. The second-order valence-corrected chi connectivity index (χ2v) is 7.41. The van der Waals surface area contributed by atoms with E-state index in [1.165, 1.54) is 6.20 Å². The number of nitrogens with one attached hydrogen (secondary N) is 1. The van der Waals surface area contributed by atoms with Gasteiger partial charge >= 0.3 is 0 Å². The first-order valence-electron chi connectivity index (χ1n) is 7.15. The number of carbonyl (C=O) groups is 1. The number of hydrogen-bond donors (Lipinski definition) is 1. The Labute approximate surface area is 134 Å². The van der Waals surface area contributed by atoms with E-state index in [2.05, 4.69) is 10.1 Å². The predicted molar refractivity (Wildman–Crippen MR) is 91.5 cm³/mol. The summed E-state index contributed by atoms with van der Waals surface area (Å²) in [4.78, 5) is 16.5. The van der Waals surface area contributed by atoms with Crippen molar-refractivity contribution < 1.29 is 9.36 Å². The highest BCUT2D eigenvalue weighted by Gasteiger charge is 2.29. The molecule has 1 amide bonds. The highest BCUT2D eigenvalue weighted by Crippen LogP contribution is 2.38. The van der Waals surface area contributed by atoms with Crippen molar-refractivity contribution in [2.45, 2.75) is 0 Å². The average molecular weight is 322 g/mol. The van der Waals surface area contributed by atoms with E-state index in [1.54, 1.807) is 66.7 Å². The lowest BCUT2D eigenvalue weighted by atomic mass is 10.3. The zero-order valence-corrected chi connectivity index (χ0v) is 13.2. The molecule has 1 N–H and O–H groups in total. The van der Waals surface area contributed by atoms with Crippen molar-refractivity contribution in [3.05, 3.63) is 90.8 Å². The van der Waals surface area contributed by atoms with Gasteiger partial charge in [-0.2, -0.15) is 0 Å². The van der Waals surface area contributed by atoms with Crippen LogP contribution in [0.2, 0.25) is 0 Å². The van der Waals surface area contributed by atoms with E-state index in [1.807, 2.05) is 12.1 Å². The third kappa shape index (κ3) is 3.22. The molecule has 114 valence electrons. The van der Waals surface area contributed by atoms with Gasteiger partial charge in [0.1, 0.15) is 5.69 Å². The molecule has 0 aliphatic heterocycles. The lowest BCUT2D eigenvalue weighted by Crippen LogP contribution is -2.32. The summed E-state index contributed by atoms with van der Waals surface area (Å²) >= 11 is 0. The molecule has 0 bridgehead atoms. The molecule has 4 nitrogen and oxygen atoms in total. The van der Waals surface area contributed by atoms with Gasteiger partial charge in [0.15, 0.2) is 0 Å². The number of amides is 1. The largest absolute Gasteiger partial charge is 0.294 e. The Morgan fingerprint density at radius 1 is 0.783 bits per heavy atom. The number of carbonyl (C=O) groups excluding carboxylic acids is 1. The fourth-order valence-corrected chi connectivity index (χ4v) is 4.39. The molecule has 2 aromatic carbocycles. The molecule has 0 fully saturated rings. The molecular weight excluding hydrogens is 307 g/mol. The van der Waals surface area contributed by atoms with Gasteiger partial charge in [-0.3, -0.25) is 19.4 Å². The van der Waals surface area contributed by atoms with Crippen molar-refractivity contribution in [1.29, 1.82) is 0 Å². The Morgan fingerprint density at radius 3 is 1.78 bits per heavy atom. The molecule has 23 heavy (non-hydrogen) atoms. The number of nitrogens with zero attached hydrogens (tertiary/aromatic N) is 1. The summed E-state index contributed by atoms with van der Waals surface area (Å²) in [5.41, 5.74) is 0.236. The summed E-state index contributed by atoms with van der Waals surface area (Å²) in [6, 6.07) is 23.0. The van der Waals surface area contributed by atoms with Gasteiger partial charge in [-0.05, 0) is 36.4 Å². The van der Waals surface area contributed by atoms with Crippen LogP contribution in [-0.4, -0.2) is 10.9 Å². The van der Waals surface area contributed by atoms with Gasteiger partial charge in [0.05, 0.1) is 0 Å². The number of pyridine rings is 1. The van der Waals surface area contributed by atoms with Gasteiger partial charge in [0, 0.05) is 16.8 Å². The maximum Gasteiger partial charge on any atom is 0.275 e. The van der Waals surface area contributed by atoms with E-state index >= 15 is 0 Å². The molecule has 0 spiro atoms. The summed E-state index contributed by atoms with van der Waals surface area (Å²) in [6.07, 6.45) is 1.53. The van der Waals surface area contributed by atoms with Crippen LogP contribution in [0.5, 0.6) is 0 Å². The molecule has 0 saturated heterocycles. The molecule has 0 radical (unpaired) electrons. The van der Waals surface area contributed by atoms with Crippen LogP contribution in [0.25, 0.3) is 0 Å². The molecule has 3 aromatic rings. The van der Waals surface area contributed by atoms with Gasteiger partial charge in [0.2, 0.25) is 7.29 Å². The van der Waals surface area contributed by atoms with E-state index in [0.29, 0.717) is 10.6 Å². The van der Waals surface area contributed by atoms with Gasteiger partial charge in [-0.15, -0.1) is 0 Å². The van der Waals surface area contributed by atoms with Crippen LogP contribution in [0, 0.1) is 0 Å². The Kier molecular flexibility index (Phi) is 4.35. The van der Waals surface area contributed by atoms with Crippen molar-refractivity contribution >= 4 is 23.8 Å². The topological polar surface area (TPSA) is 59.1 Å². The molecule has 0 unspecified atom stereocenters. The summed E-state index contributed by atoms with van der Waals surface area (Å²) in [7, 11) is -3.29. The zero-order valence-electron chi connectivity index (χ0n) is 12.3. The van der Waals surface area contributed by atoms with E-state index in [9.17, 15) is 9.36 Å². The molecule has 3 rings (SSSR count). The molecule has 0 saturated carbocycles. The third-order valence-electron chi connectivity index (χ3n) is 3.40. The molecule has 5 heteroatoms. The van der Waals surface area contributed by atoms with Crippen molar-refractivity contribution in [3.63, 3.8) is 0 Å². The average Bonchev–Trinajstić information content (AvgIpc) is 2.64. The second-order valence-electron chi connectivity index (χ2n) is 4.94. The van der Waals surface area contributed by atoms with Crippen molar-refractivity contribution in [3.8, 4) is 0 Å². The Hall–Kier alpha value is -2.71. The van der Waals surface area contributed by atoms with Gasteiger partial charge in [0.25, 0.3) is 5.91 Å². The monoisotopic (exact) mass is 322 g/mol. The van der Waals surface area contributed by atoms with Crippen LogP contribution in [0.4, 0.5) is 0 Å². The minimum absolute atomic E-state index is 0.236. The first kappa shape index (κ1) is 15.2. The first-order valence-corrected chi connectivity index (χ1v) is 8.86. The number of benzene rings is 2. The molecule has 0 aliphatic carbocycles. The van der Waals surface area contributed by atoms with Crippen LogP contribution in [0.15, 0.2) is 85.1 Å². The van der Waals surface area contributed by atoms with Crippen molar-refractivity contribution in [1.82, 2.24) is 10.1 Å². The van der Waals surface area contributed by atoms with Crippen LogP contribution in [0.1, 0.15) is 10.5 Å². The minimum Gasteiger partial charge on any atom is -0.294 e. The number of rotatable bonds is 4. The smallest absolute Gasteiger partial charge is 0.275 e. The third-order valence-corrected chi connectivity index (χ3v) is 5.96. The van der Waals surface area contributed by atoms with E-state index in [-0.39, 0.29) is 5.69 Å². The van der Waals surface area contributed by atoms with Crippen molar-refractivity contribution in [2.75, 3.05) is 0 Å². The Morgan fingerprint density at radius 2 is 1.30 bits per heavy atom. The standard InChI is InChI=1S/C18H15N2O2P/c21-18(17-13-7-8-14-19-17)20-23(22,15-9-3-1-4-10-15)16-11-5-2-6-12-16/h1-14H,(H,20,21,22). The fraction of sp³-hybridized carbons (Fsp3) is 0. The highest BCUT2D eigenvalue weighted by atomic mass is 31.2. The molecule has 0 atom stereocenters.